The van der Waals surface area contributed by atoms with E-state index >= 15 is 0 Å². The lowest BCUT2D eigenvalue weighted by Gasteiger charge is -2.35. The third-order valence-electron chi connectivity index (χ3n) is 4.90. The fraction of sp³-hybridized carbons (Fsp3) is 0.933. The van der Waals surface area contributed by atoms with E-state index in [2.05, 4.69) is 11.6 Å². The summed E-state index contributed by atoms with van der Waals surface area (Å²) in [5, 5.41) is 0. The first-order valence-corrected chi connectivity index (χ1v) is 10.1. The molecule has 2 rings (SSSR count). The summed E-state index contributed by atoms with van der Waals surface area (Å²) < 4.78 is 27.2. The number of nitrogens with two attached hydrogens (primary N) is 1. The van der Waals surface area contributed by atoms with Gasteiger partial charge in [0.15, 0.2) is 0 Å². The van der Waals surface area contributed by atoms with Crippen LogP contribution in [-0.4, -0.2) is 50.2 Å². The molecule has 1 atom stereocenters. The van der Waals surface area contributed by atoms with Gasteiger partial charge in [-0.15, -0.1) is 0 Å². The molecule has 2 fully saturated rings. The minimum Gasteiger partial charge on any atom is -0.338 e. The van der Waals surface area contributed by atoms with Crippen LogP contribution in [0.5, 0.6) is 0 Å². The molecule has 0 radical (unpaired) electrons. The first kappa shape index (κ1) is 17.7. The largest absolute Gasteiger partial charge is 0.338 e. The summed E-state index contributed by atoms with van der Waals surface area (Å²) in [6.07, 6.45) is 6.67. The maximum atomic E-state index is 12.3. The molecule has 1 saturated heterocycles. The molecule has 0 aromatic rings. The van der Waals surface area contributed by atoms with Gasteiger partial charge in [-0.3, -0.25) is 4.79 Å². The van der Waals surface area contributed by atoms with Gasteiger partial charge in [-0.25, -0.2) is 13.1 Å². The summed E-state index contributed by atoms with van der Waals surface area (Å²) in [6, 6.07) is -0.0207. The average molecular weight is 331 g/mol. The van der Waals surface area contributed by atoms with Crippen molar-refractivity contribution in [3.8, 4) is 0 Å². The van der Waals surface area contributed by atoms with Crippen LogP contribution in [0.15, 0.2) is 0 Å². The second-order valence-electron chi connectivity index (χ2n) is 6.81. The highest BCUT2D eigenvalue weighted by atomic mass is 32.2. The Balaban J connectivity index is 1.88. The lowest BCUT2D eigenvalue weighted by Crippen LogP contribution is -2.51. The minimum absolute atomic E-state index is 0.00743. The van der Waals surface area contributed by atoms with E-state index in [0.29, 0.717) is 19.0 Å². The third-order valence-corrected chi connectivity index (χ3v) is 6.21. The Morgan fingerprint density at radius 1 is 1.18 bits per heavy atom. The zero-order valence-corrected chi connectivity index (χ0v) is 14.3. The third kappa shape index (κ3) is 4.93. The van der Waals surface area contributed by atoms with Gasteiger partial charge in [0, 0.05) is 25.2 Å². The zero-order chi connectivity index (χ0) is 16.2. The number of nitrogens with zero attached hydrogens (tertiary/aromatic N) is 1. The molecular weight excluding hydrogens is 302 g/mol. The molecule has 3 N–H and O–H groups in total. The highest BCUT2D eigenvalue weighted by molar-refractivity contribution is 7.90. The van der Waals surface area contributed by atoms with E-state index in [1.807, 2.05) is 0 Å². The van der Waals surface area contributed by atoms with Gasteiger partial charge >= 0.3 is 0 Å². The molecule has 0 aromatic carbocycles. The van der Waals surface area contributed by atoms with Crippen LogP contribution in [0.1, 0.15) is 51.9 Å². The van der Waals surface area contributed by atoms with E-state index in [1.54, 1.807) is 4.90 Å². The topological polar surface area (TPSA) is 92.5 Å². The van der Waals surface area contributed by atoms with Crippen LogP contribution in [0, 0.1) is 5.92 Å². The monoisotopic (exact) mass is 331 g/mol. The number of amides is 1. The average Bonchev–Trinajstić information content (AvgIpc) is 2.48. The molecule has 1 amide bonds. The Morgan fingerprint density at radius 3 is 2.50 bits per heavy atom. The number of carbonyl (C=O) groups excluding carboxylic acids is 1. The van der Waals surface area contributed by atoms with E-state index < -0.39 is 15.8 Å². The number of carbonyl (C=O) groups is 1. The van der Waals surface area contributed by atoms with Crippen LogP contribution in [0.2, 0.25) is 0 Å². The molecule has 6 nitrogen and oxygen atoms in total. The fourth-order valence-electron chi connectivity index (χ4n) is 3.49. The van der Waals surface area contributed by atoms with Crippen molar-refractivity contribution in [2.24, 2.45) is 11.7 Å². The molecule has 1 unspecified atom stereocenters. The Bertz CT molecular complexity index is 472. The molecule has 1 aliphatic heterocycles. The molecule has 1 aliphatic carbocycles. The minimum atomic E-state index is -3.56. The van der Waals surface area contributed by atoms with Crippen LogP contribution in [0.25, 0.3) is 0 Å². The van der Waals surface area contributed by atoms with Crippen LogP contribution >= 0.6 is 0 Å². The van der Waals surface area contributed by atoms with E-state index in [4.69, 9.17) is 5.73 Å². The van der Waals surface area contributed by atoms with Crippen LogP contribution in [-0.2, 0) is 14.8 Å². The standard InChI is InChI=1S/C15H29N3O3S/c1-12-5-7-13(8-6-12)17-22(20,21)11-15(19)18-9-3-2-4-14(18)10-16/h12-14,17H,2-11,16H2,1H3. The van der Waals surface area contributed by atoms with Gasteiger partial charge in [0.2, 0.25) is 15.9 Å². The van der Waals surface area contributed by atoms with Crippen molar-refractivity contribution in [3.05, 3.63) is 0 Å². The number of hydrogen-bond acceptors (Lipinski definition) is 4. The molecule has 1 saturated carbocycles. The number of nitrogens with one attached hydrogen (secondary N) is 1. The van der Waals surface area contributed by atoms with Gasteiger partial charge in [-0.05, 0) is 50.9 Å². The highest BCUT2D eigenvalue weighted by Crippen LogP contribution is 2.24. The Hall–Kier alpha value is -0.660. The summed E-state index contributed by atoms with van der Waals surface area (Å²) in [5.41, 5.74) is 5.70. The number of hydrogen-bond donors (Lipinski definition) is 2. The van der Waals surface area contributed by atoms with Gasteiger partial charge in [-0.1, -0.05) is 6.92 Å². The Kier molecular flexibility index (Phi) is 6.23. The van der Waals surface area contributed by atoms with Crippen molar-refractivity contribution < 1.29 is 13.2 Å². The second kappa shape index (κ2) is 7.75. The fourth-order valence-corrected chi connectivity index (χ4v) is 4.81. The van der Waals surface area contributed by atoms with Crippen molar-refractivity contribution >= 4 is 15.9 Å². The molecule has 128 valence electrons. The molecule has 0 bridgehead atoms. The predicted molar refractivity (Wildman–Crippen MR) is 86.7 cm³/mol. The van der Waals surface area contributed by atoms with Crippen LogP contribution < -0.4 is 10.5 Å². The molecule has 0 aromatic heterocycles. The van der Waals surface area contributed by atoms with E-state index in [-0.39, 0.29) is 18.0 Å². The second-order valence-corrected chi connectivity index (χ2v) is 8.56. The van der Waals surface area contributed by atoms with Gasteiger partial charge in [0.25, 0.3) is 0 Å². The first-order valence-electron chi connectivity index (χ1n) is 8.41. The van der Waals surface area contributed by atoms with Gasteiger partial charge < -0.3 is 10.6 Å². The molecule has 2 aliphatic rings. The molecule has 22 heavy (non-hydrogen) atoms. The summed E-state index contributed by atoms with van der Waals surface area (Å²) in [6.45, 7) is 3.22. The van der Waals surface area contributed by atoms with Gasteiger partial charge in [0.05, 0.1) is 0 Å². The quantitative estimate of drug-likeness (QED) is 0.780. The molecule has 7 heteroatoms. The number of piperidine rings is 1. The van der Waals surface area contributed by atoms with E-state index in [0.717, 1.165) is 44.9 Å². The highest BCUT2D eigenvalue weighted by Gasteiger charge is 2.30. The molecule has 0 spiro atoms. The van der Waals surface area contributed by atoms with Crippen molar-refractivity contribution in [1.29, 1.82) is 0 Å². The molecular formula is C15H29N3O3S. The van der Waals surface area contributed by atoms with Crippen LogP contribution in [0.4, 0.5) is 0 Å². The Labute approximate surface area is 133 Å². The van der Waals surface area contributed by atoms with Crippen molar-refractivity contribution in [2.45, 2.75) is 64.0 Å². The normalized spacial score (nSPS) is 30.3. The number of likely N-dealkylation sites (tertiary alicyclic amines) is 1. The van der Waals surface area contributed by atoms with Gasteiger partial charge in [-0.2, -0.15) is 0 Å². The first-order chi connectivity index (χ1) is 10.4. The summed E-state index contributed by atoms with van der Waals surface area (Å²) >= 11 is 0. The number of sulfonamides is 1. The van der Waals surface area contributed by atoms with Crippen molar-refractivity contribution in [2.75, 3.05) is 18.8 Å². The lowest BCUT2D eigenvalue weighted by atomic mass is 9.88. The van der Waals surface area contributed by atoms with Crippen molar-refractivity contribution in [3.63, 3.8) is 0 Å². The SMILES string of the molecule is CC1CCC(NS(=O)(=O)CC(=O)N2CCCCC2CN)CC1. The van der Waals surface area contributed by atoms with Gasteiger partial charge in [0.1, 0.15) is 5.75 Å². The smallest absolute Gasteiger partial charge is 0.239 e. The van der Waals surface area contributed by atoms with Crippen molar-refractivity contribution in [1.82, 2.24) is 9.62 Å². The number of rotatable bonds is 5. The van der Waals surface area contributed by atoms with Crippen LogP contribution in [0.3, 0.4) is 0 Å². The summed E-state index contributed by atoms with van der Waals surface area (Å²) in [7, 11) is -3.56. The Morgan fingerprint density at radius 2 is 1.86 bits per heavy atom. The lowest BCUT2D eigenvalue weighted by molar-refractivity contribution is -0.131. The predicted octanol–water partition coefficient (Wildman–Crippen LogP) is 0.824. The summed E-state index contributed by atoms with van der Waals surface area (Å²) in [5.74, 6) is -0.0943. The maximum absolute atomic E-state index is 12.3. The maximum Gasteiger partial charge on any atom is 0.239 e. The molecule has 1 heterocycles. The van der Waals surface area contributed by atoms with E-state index in [1.165, 1.54) is 0 Å². The summed E-state index contributed by atoms with van der Waals surface area (Å²) in [4.78, 5) is 14.0. The van der Waals surface area contributed by atoms with E-state index in [9.17, 15) is 13.2 Å². The zero-order valence-electron chi connectivity index (χ0n) is 13.5.